The van der Waals surface area contributed by atoms with Crippen molar-refractivity contribution in [3.8, 4) is 0 Å². The zero-order valence-corrected chi connectivity index (χ0v) is 11.8. The minimum absolute atomic E-state index is 0.0278. The maximum absolute atomic E-state index is 10.2. The van der Waals surface area contributed by atoms with E-state index in [1.54, 1.807) is 0 Å². The summed E-state index contributed by atoms with van der Waals surface area (Å²) in [5, 5.41) is 10.2. The molecule has 18 heavy (non-hydrogen) atoms. The predicted molar refractivity (Wildman–Crippen MR) is 71.1 cm³/mol. The van der Waals surface area contributed by atoms with E-state index in [2.05, 4.69) is 32.9 Å². The van der Waals surface area contributed by atoms with Crippen LogP contribution in [0.25, 0.3) is 0 Å². The molecule has 1 aliphatic carbocycles. The van der Waals surface area contributed by atoms with Gasteiger partial charge in [-0.25, -0.2) is 0 Å². The Morgan fingerprint density at radius 1 is 1.50 bits per heavy atom. The first-order valence-corrected chi connectivity index (χ1v) is 6.74. The summed E-state index contributed by atoms with van der Waals surface area (Å²) in [4.78, 5) is 0. The summed E-state index contributed by atoms with van der Waals surface area (Å²) in [6.07, 6.45) is 7.42. The normalized spacial score (nSPS) is 39.5. The highest BCUT2D eigenvalue weighted by atomic mass is 16.7. The van der Waals surface area contributed by atoms with Crippen LogP contribution < -0.4 is 0 Å². The van der Waals surface area contributed by atoms with Crippen molar-refractivity contribution >= 4 is 0 Å². The van der Waals surface area contributed by atoms with E-state index in [9.17, 15) is 5.11 Å². The molecule has 0 aromatic carbocycles. The molecule has 1 fully saturated rings. The van der Waals surface area contributed by atoms with E-state index in [1.807, 2.05) is 13.0 Å². The summed E-state index contributed by atoms with van der Waals surface area (Å²) < 4.78 is 11.9. The van der Waals surface area contributed by atoms with Gasteiger partial charge in [0.05, 0.1) is 12.7 Å². The van der Waals surface area contributed by atoms with Crippen molar-refractivity contribution in [2.45, 2.75) is 58.5 Å². The van der Waals surface area contributed by atoms with Gasteiger partial charge in [-0.15, -0.1) is 0 Å². The third-order valence-electron chi connectivity index (χ3n) is 3.75. The van der Waals surface area contributed by atoms with Crippen molar-refractivity contribution in [1.82, 2.24) is 0 Å². The Bertz CT molecular complexity index is 370. The highest BCUT2D eigenvalue weighted by molar-refractivity contribution is 5.21. The van der Waals surface area contributed by atoms with E-state index in [0.29, 0.717) is 13.0 Å². The molecular weight excluding hydrogens is 228 g/mol. The van der Waals surface area contributed by atoms with E-state index in [4.69, 9.17) is 9.47 Å². The number of ether oxygens (including phenoxy) is 2. The molecule has 1 spiro atoms. The van der Waals surface area contributed by atoms with E-state index in [-0.39, 0.29) is 11.5 Å². The molecule has 0 amide bonds. The minimum Gasteiger partial charge on any atom is -0.388 e. The monoisotopic (exact) mass is 252 g/mol. The number of hydrogen-bond acceptors (Lipinski definition) is 3. The lowest BCUT2D eigenvalue weighted by molar-refractivity contribution is -0.165. The van der Waals surface area contributed by atoms with Crippen molar-refractivity contribution in [3.05, 3.63) is 23.8 Å². The molecule has 0 aromatic rings. The van der Waals surface area contributed by atoms with Crippen LogP contribution in [-0.4, -0.2) is 29.7 Å². The molecule has 3 atom stereocenters. The van der Waals surface area contributed by atoms with Crippen LogP contribution in [0.4, 0.5) is 0 Å². The molecule has 1 saturated heterocycles. The lowest BCUT2D eigenvalue weighted by Crippen LogP contribution is -2.45. The van der Waals surface area contributed by atoms with Crippen LogP contribution in [-0.2, 0) is 9.47 Å². The van der Waals surface area contributed by atoms with Gasteiger partial charge in [0.25, 0.3) is 0 Å². The molecule has 102 valence electrons. The summed E-state index contributed by atoms with van der Waals surface area (Å²) in [6, 6.07) is 0. The molecule has 2 aliphatic rings. The molecule has 3 nitrogen and oxygen atoms in total. The van der Waals surface area contributed by atoms with Crippen molar-refractivity contribution in [3.63, 3.8) is 0 Å². The molecule has 0 bridgehead atoms. The number of hydrogen-bond donors (Lipinski definition) is 1. The first kappa shape index (κ1) is 13.8. The van der Waals surface area contributed by atoms with Gasteiger partial charge in [0.15, 0.2) is 5.79 Å². The molecule has 3 unspecified atom stereocenters. The quantitative estimate of drug-likeness (QED) is 0.768. The van der Waals surface area contributed by atoms with Gasteiger partial charge in [0.2, 0.25) is 0 Å². The Labute approximate surface area is 109 Å². The third-order valence-corrected chi connectivity index (χ3v) is 3.75. The summed E-state index contributed by atoms with van der Waals surface area (Å²) >= 11 is 0. The minimum atomic E-state index is -0.643. The second kappa shape index (κ2) is 4.80. The number of rotatable bonds is 2. The fourth-order valence-corrected chi connectivity index (χ4v) is 2.92. The van der Waals surface area contributed by atoms with Crippen LogP contribution in [0.1, 0.15) is 40.5 Å². The molecule has 1 aliphatic heterocycles. The van der Waals surface area contributed by atoms with Crippen molar-refractivity contribution < 1.29 is 14.6 Å². The Hall–Kier alpha value is -0.640. The average molecular weight is 252 g/mol. The standard InChI is InChI=1S/C15H24O3/c1-5-6-7-12-9-17-15(18-12)8-11(2)13(16)14(3,4)10-15/h6-8,12-13,16H,5,9-10H2,1-4H3. The lowest BCUT2D eigenvalue weighted by Gasteiger charge is -2.42. The maximum atomic E-state index is 10.2. The maximum Gasteiger partial charge on any atom is 0.189 e. The van der Waals surface area contributed by atoms with E-state index in [0.717, 1.165) is 12.0 Å². The van der Waals surface area contributed by atoms with Crippen LogP contribution in [0, 0.1) is 5.41 Å². The van der Waals surface area contributed by atoms with Gasteiger partial charge in [-0.2, -0.15) is 0 Å². The number of aliphatic hydroxyl groups is 1. The van der Waals surface area contributed by atoms with Gasteiger partial charge in [-0.1, -0.05) is 32.9 Å². The molecule has 1 N–H and O–H groups in total. The average Bonchev–Trinajstić information content (AvgIpc) is 2.66. The van der Waals surface area contributed by atoms with E-state index >= 15 is 0 Å². The first-order chi connectivity index (χ1) is 8.38. The van der Waals surface area contributed by atoms with Gasteiger partial charge in [0, 0.05) is 6.42 Å². The Morgan fingerprint density at radius 2 is 2.22 bits per heavy atom. The van der Waals surface area contributed by atoms with Crippen molar-refractivity contribution in [1.29, 1.82) is 0 Å². The van der Waals surface area contributed by atoms with Crippen LogP contribution in [0.3, 0.4) is 0 Å². The van der Waals surface area contributed by atoms with Crippen LogP contribution in [0.5, 0.6) is 0 Å². The summed E-state index contributed by atoms with van der Waals surface area (Å²) in [5.74, 6) is -0.643. The second-order valence-electron chi connectivity index (χ2n) is 6.07. The fraction of sp³-hybridized carbons (Fsp3) is 0.733. The zero-order valence-electron chi connectivity index (χ0n) is 11.8. The van der Waals surface area contributed by atoms with Crippen LogP contribution in [0.2, 0.25) is 0 Å². The number of aliphatic hydroxyl groups excluding tert-OH is 1. The Morgan fingerprint density at radius 3 is 2.83 bits per heavy atom. The van der Waals surface area contributed by atoms with Gasteiger partial charge >= 0.3 is 0 Å². The Kier molecular flexibility index (Phi) is 3.67. The molecule has 0 aromatic heterocycles. The molecule has 3 heteroatoms. The third kappa shape index (κ3) is 2.53. The molecule has 1 heterocycles. The summed E-state index contributed by atoms with van der Waals surface area (Å²) in [5.41, 5.74) is 0.716. The van der Waals surface area contributed by atoms with Crippen molar-refractivity contribution in [2.75, 3.05) is 6.61 Å². The fourth-order valence-electron chi connectivity index (χ4n) is 2.92. The van der Waals surface area contributed by atoms with Gasteiger partial charge in [-0.3, -0.25) is 0 Å². The van der Waals surface area contributed by atoms with Gasteiger partial charge < -0.3 is 14.6 Å². The summed E-state index contributed by atoms with van der Waals surface area (Å²) in [7, 11) is 0. The second-order valence-corrected chi connectivity index (χ2v) is 6.07. The zero-order chi connectivity index (χ0) is 13.4. The largest absolute Gasteiger partial charge is 0.388 e. The Balaban J connectivity index is 2.17. The van der Waals surface area contributed by atoms with Crippen LogP contribution in [0.15, 0.2) is 23.8 Å². The molecule has 0 saturated carbocycles. The first-order valence-electron chi connectivity index (χ1n) is 6.74. The highest BCUT2D eigenvalue weighted by Gasteiger charge is 2.49. The van der Waals surface area contributed by atoms with Gasteiger partial charge in [0.1, 0.15) is 6.10 Å². The molecule has 0 radical (unpaired) electrons. The lowest BCUT2D eigenvalue weighted by atomic mass is 9.72. The van der Waals surface area contributed by atoms with E-state index < -0.39 is 11.9 Å². The van der Waals surface area contributed by atoms with Gasteiger partial charge in [-0.05, 0) is 30.4 Å². The highest BCUT2D eigenvalue weighted by Crippen LogP contribution is 2.45. The molecule has 2 rings (SSSR count). The predicted octanol–water partition coefficient (Wildman–Crippen LogP) is 2.80. The SMILES string of the molecule is CCC=CC1COC2(C=C(C)C(O)C(C)(C)C2)O1. The topological polar surface area (TPSA) is 38.7 Å². The van der Waals surface area contributed by atoms with Crippen LogP contribution >= 0.6 is 0 Å². The number of allylic oxidation sites excluding steroid dienone is 1. The van der Waals surface area contributed by atoms with Crippen molar-refractivity contribution in [2.24, 2.45) is 5.41 Å². The smallest absolute Gasteiger partial charge is 0.189 e. The van der Waals surface area contributed by atoms with E-state index in [1.165, 1.54) is 0 Å². The molecular formula is C15H24O3. The summed E-state index contributed by atoms with van der Waals surface area (Å²) in [6.45, 7) is 8.74.